The van der Waals surface area contributed by atoms with Crippen LogP contribution in [-0.2, 0) is 20.9 Å². The van der Waals surface area contributed by atoms with Crippen molar-refractivity contribution in [3.05, 3.63) is 45.3 Å². The fourth-order valence-corrected chi connectivity index (χ4v) is 3.88. The molecule has 1 atom stereocenters. The molecule has 3 rings (SSSR count). The van der Waals surface area contributed by atoms with Crippen molar-refractivity contribution in [2.45, 2.75) is 57.5 Å². The van der Waals surface area contributed by atoms with Gasteiger partial charge in [0.1, 0.15) is 12.6 Å². The Labute approximate surface area is 187 Å². The number of piperidine rings is 1. The molecule has 1 aromatic carbocycles. The number of carbonyl (C=O) groups is 3. The molecule has 0 aliphatic carbocycles. The fourth-order valence-electron chi connectivity index (χ4n) is 3.88. The molecule has 3 amide bonds. The van der Waals surface area contributed by atoms with E-state index in [-0.39, 0.29) is 18.2 Å². The minimum absolute atomic E-state index is 0.185. The van der Waals surface area contributed by atoms with Gasteiger partial charge in [0.2, 0.25) is 11.8 Å². The van der Waals surface area contributed by atoms with Crippen LogP contribution in [-0.4, -0.2) is 48.4 Å². The van der Waals surface area contributed by atoms with E-state index in [2.05, 4.69) is 27.2 Å². The lowest BCUT2D eigenvalue weighted by Crippen LogP contribution is -2.52. The largest absolute Gasteiger partial charge is 0.369 e. The molecule has 9 heteroatoms. The van der Waals surface area contributed by atoms with E-state index < -0.39 is 11.9 Å². The summed E-state index contributed by atoms with van der Waals surface area (Å²) in [6.45, 7) is 1.91. The molecule has 0 saturated carbocycles. The zero-order valence-corrected chi connectivity index (χ0v) is 18.0. The van der Waals surface area contributed by atoms with Gasteiger partial charge in [-0.15, -0.1) is 0 Å². The minimum atomic E-state index is -0.610. The highest BCUT2D eigenvalue weighted by Gasteiger charge is 2.38. The number of fused-ring (bicyclic) bond motifs is 1. The molecule has 2 heterocycles. The minimum Gasteiger partial charge on any atom is -0.369 e. The summed E-state index contributed by atoms with van der Waals surface area (Å²) >= 11 is 0. The molecular weight excluding hydrogens is 410 g/mol. The fraction of sp³-hybridized carbons (Fsp3) is 0.522. The number of imide groups is 1. The topological polar surface area (TPSA) is 124 Å². The van der Waals surface area contributed by atoms with Crippen LogP contribution < -0.4 is 5.32 Å². The van der Waals surface area contributed by atoms with E-state index in [1.165, 1.54) is 4.90 Å². The summed E-state index contributed by atoms with van der Waals surface area (Å²) in [7, 11) is 0. The quantitative estimate of drug-likeness (QED) is 0.151. The predicted molar refractivity (Wildman–Crippen MR) is 117 cm³/mol. The van der Waals surface area contributed by atoms with Crippen molar-refractivity contribution in [3.63, 3.8) is 0 Å². The van der Waals surface area contributed by atoms with Crippen molar-refractivity contribution in [1.82, 2.24) is 10.2 Å². The Morgan fingerprint density at radius 2 is 2.00 bits per heavy atom. The average molecular weight is 438 g/mol. The molecule has 2 aliphatic heterocycles. The van der Waals surface area contributed by atoms with Crippen LogP contribution >= 0.6 is 0 Å². The second-order valence-corrected chi connectivity index (χ2v) is 7.85. The summed E-state index contributed by atoms with van der Waals surface area (Å²) in [6, 6.07) is 4.81. The van der Waals surface area contributed by atoms with E-state index in [1.807, 2.05) is 6.07 Å². The van der Waals surface area contributed by atoms with Gasteiger partial charge in [-0.25, -0.2) is 0 Å². The number of hydrogen-bond acceptors (Lipinski definition) is 5. The number of rotatable bonds is 10. The van der Waals surface area contributed by atoms with Gasteiger partial charge in [0.05, 0.1) is 0 Å². The van der Waals surface area contributed by atoms with Gasteiger partial charge in [0.15, 0.2) is 0 Å². The third-order valence-electron chi connectivity index (χ3n) is 5.54. The van der Waals surface area contributed by atoms with Gasteiger partial charge in [0, 0.05) is 42.2 Å². The molecule has 9 nitrogen and oxygen atoms in total. The molecule has 168 valence electrons. The first-order valence-electron chi connectivity index (χ1n) is 10.9. The van der Waals surface area contributed by atoms with Gasteiger partial charge >= 0.3 is 0 Å². The number of nitrogens with zero attached hydrogens (tertiary/aromatic N) is 4. The first-order chi connectivity index (χ1) is 15.6. The number of hydrogen-bond donors (Lipinski definition) is 1. The second kappa shape index (κ2) is 11.9. The Bertz CT molecular complexity index is 974. The van der Waals surface area contributed by atoms with Crippen molar-refractivity contribution < 1.29 is 19.1 Å². The van der Waals surface area contributed by atoms with Crippen LogP contribution in [0.25, 0.3) is 10.4 Å². The van der Waals surface area contributed by atoms with Crippen LogP contribution in [0.3, 0.4) is 0 Å². The van der Waals surface area contributed by atoms with E-state index >= 15 is 0 Å². The maximum atomic E-state index is 12.7. The van der Waals surface area contributed by atoms with E-state index in [4.69, 9.17) is 10.3 Å². The van der Waals surface area contributed by atoms with Crippen molar-refractivity contribution >= 4 is 17.7 Å². The highest BCUT2D eigenvalue weighted by molar-refractivity contribution is 6.05. The van der Waals surface area contributed by atoms with E-state index in [0.717, 1.165) is 43.2 Å². The third kappa shape index (κ3) is 6.33. The first kappa shape index (κ1) is 23.3. The summed E-state index contributed by atoms with van der Waals surface area (Å²) in [5.41, 5.74) is 10.4. The van der Waals surface area contributed by atoms with E-state index in [0.29, 0.717) is 38.3 Å². The highest BCUT2D eigenvalue weighted by atomic mass is 16.5. The second-order valence-electron chi connectivity index (χ2n) is 7.85. The zero-order chi connectivity index (χ0) is 22.8. The third-order valence-corrected chi connectivity index (χ3v) is 5.54. The molecule has 2 aliphatic rings. The molecule has 0 radical (unpaired) electrons. The van der Waals surface area contributed by atoms with Crippen LogP contribution in [0.5, 0.6) is 0 Å². The SMILES string of the molecule is [N-]=[N+]=NCCCCCCCOCC#Cc1ccc2c(c1)CN(C1CCC(=O)NC1=O)C2=O. The van der Waals surface area contributed by atoms with Gasteiger partial charge in [-0.05, 0) is 48.6 Å². The Hall–Kier alpha value is -3.34. The van der Waals surface area contributed by atoms with Crippen molar-refractivity contribution in [2.75, 3.05) is 19.8 Å². The van der Waals surface area contributed by atoms with Gasteiger partial charge in [0.25, 0.3) is 5.91 Å². The normalized spacial score (nSPS) is 17.3. The average Bonchev–Trinajstić information content (AvgIpc) is 3.10. The molecule has 1 aromatic rings. The summed E-state index contributed by atoms with van der Waals surface area (Å²) < 4.78 is 5.55. The lowest BCUT2D eigenvalue weighted by atomic mass is 10.0. The summed E-state index contributed by atoms with van der Waals surface area (Å²) in [5.74, 6) is 5.17. The highest BCUT2D eigenvalue weighted by Crippen LogP contribution is 2.28. The van der Waals surface area contributed by atoms with Gasteiger partial charge in [-0.1, -0.05) is 36.2 Å². The predicted octanol–water partition coefficient (Wildman–Crippen LogP) is 3.08. The number of carbonyl (C=O) groups excluding carboxylic acids is 3. The van der Waals surface area contributed by atoms with Crippen LogP contribution in [0.2, 0.25) is 0 Å². The molecule has 1 fully saturated rings. The molecule has 0 aromatic heterocycles. The maximum Gasteiger partial charge on any atom is 0.255 e. The number of azide groups is 1. The Morgan fingerprint density at radius 1 is 1.19 bits per heavy atom. The molecule has 0 spiro atoms. The Balaban J connectivity index is 1.40. The number of benzene rings is 1. The molecular formula is C23H27N5O4. The van der Waals surface area contributed by atoms with Crippen molar-refractivity contribution in [1.29, 1.82) is 0 Å². The van der Waals surface area contributed by atoms with Gasteiger partial charge in [-0.2, -0.15) is 0 Å². The molecule has 0 bridgehead atoms. The first-order valence-corrected chi connectivity index (χ1v) is 10.9. The molecule has 1 N–H and O–H groups in total. The Morgan fingerprint density at radius 3 is 2.81 bits per heavy atom. The number of nitrogens with one attached hydrogen (secondary N) is 1. The molecule has 1 unspecified atom stereocenters. The van der Waals surface area contributed by atoms with Crippen molar-refractivity contribution in [3.8, 4) is 11.8 Å². The van der Waals surface area contributed by atoms with Crippen LogP contribution in [0.15, 0.2) is 23.3 Å². The number of unbranched alkanes of at least 4 members (excludes halogenated alkanes) is 4. The molecule has 32 heavy (non-hydrogen) atoms. The zero-order valence-electron chi connectivity index (χ0n) is 18.0. The smallest absolute Gasteiger partial charge is 0.255 e. The lowest BCUT2D eigenvalue weighted by molar-refractivity contribution is -0.136. The monoisotopic (exact) mass is 437 g/mol. The Kier molecular flexibility index (Phi) is 8.67. The van der Waals surface area contributed by atoms with Crippen LogP contribution in [0, 0.1) is 11.8 Å². The maximum absolute atomic E-state index is 12.7. The summed E-state index contributed by atoms with van der Waals surface area (Å²) in [6.07, 6.45) is 5.72. The van der Waals surface area contributed by atoms with Crippen LogP contribution in [0.4, 0.5) is 0 Å². The van der Waals surface area contributed by atoms with E-state index in [9.17, 15) is 14.4 Å². The lowest BCUT2D eigenvalue weighted by Gasteiger charge is -2.29. The van der Waals surface area contributed by atoms with Crippen molar-refractivity contribution in [2.24, 2.45) is 5.11 Å². The standard InChI is InChI=1S/C23H27N5O4/c24-27-25-12-4-2-1-3-5-13-32-14-6-7-17-8-9-19-18(15-17)16-28(23(19)31)20-10-11-21(29)26-22(20)30/h8-9,15,20H,1-5,10-14,16H2,(H,26,29,30). The van der Waals surface area contributed by atoms with Gasteiger partial charge in [-0.3, -0.25) is 19.7 Å². The summed E-state index contributed by atoms with van der Waals surface area (Å²) in [4.78, 5) is 40.4. The van der Waals surface area contributed by atoms with Crippen LogP contribution in [0.1, 0.15) is 66.4 Å². The van der Waals surface area contributed by atoms with E-state index in [1.54, 1.807) is 12.1 Å². The van der Waals surface area contributed by atoms with Gasteiger partial charge < -0.3 is 9.64 Å². The number of amides is 3. The summed E-state index contributed by atoms with van der Waals surface area (Å²) in [5, 5.41) is 5.82. The molecule has 1 saturated heterocycles. The number of ether oxygens (including phenoxy) is 1.